The van der Waals surface area contributed by atoms with Crippen LogP contribution in [0.4, 0.5) is 0 Å². The number of rotatable bonds is 2. The molecule has 3 heteroatoms. The molecule has 1 rings (SSSR count). The van der Waals surface area contributed by atoms with Crippen LogP contribution >= 0.6 is 0 Å². The lowest BCUT2D eigenvalue weighted by Crippen LogP contribution is -2.31. The number of hydrogen-bond donors (Lipinski definition) is 2. The topological polar surface area (TPSA) is 44.6 Å². The molecule has 2 N–H and O–H groups in total. The minimum absolute atomic E-state index is 0.696. The van der Waals surface area contributed by atoms with Gasteiger partial charge in [-0.05, 0) is 19.4 Å². The van der Waals surface area contributed by atoms with Gasteiger partial charge in [0, 0.05) is 5.57 Å². The molecule has 0 saturated heterocycles. The molecule has 3 nitrogen and oxygen atoms in total. The summed E-state index contributed by atoms with van der Waals surface area (Å²) >= 11 is 0. The van der Waals surface area contributed by atoms with E-state index in [1.807, 2.05) is 19.9 Å². The van der Waals surface area contributed by atoms with Crippen LogP contribution in [-0.2, 0) is 0 Å². The van der Waals surface area contributed by atoms with Crippen molar-refractivity contribution in [2.75, 3.05) is 0 Å². The Morgan fingerprint density at radius 3 is 3.00 bits per heavy atom. The van der Waals surface area contributed by atoms with Crippen molar-refractivity contribution in [3.63, 3.8) is 0 Å². The van der Waals surface area contributed by atoms with E-state index in [0.717, 1.165) is 23.3 Å². The number of aliphatic hydroxyl groups is 1. The van der Waals surface area contributed by atoms with Gasteiger partial charge in [0.1, 0.15) is 0 Å². The van der Waals surface area contributed by atoms with E-state index in [1.165, 1.54) is 0 Å². The van der Waals surface area contributed by atoms with Gasteiger partial charge in [0.25, 0.3) is 0 Å². The summed E-state index contributed by atoms with van der Waals surface area (Å²) in [6, 6.07) is 0. The van der Waals surface area contributed by atoms with E-state index in [4.69, 9.17) is 0 Å². The fourth-order valence-electron chi connectivity index (χ4n) is 1.04. The quantitative estimate of drug-likeness (QED) is 0.647. The summed E-state index contributed by atoms with van der Waals surface area (Å²) in [5, 5.41) is 13.4. The van der Waals surface area contributed by atoms with E-state index < -0.39 is 6.23 Å². The molecule has 66 valence electrons. The van der Waals surface area contributed by atoms with Gasteiger partial charge in [-0.25, -0.2) is 0 Å². The molecule has 0 radical (unpaired) electrons. The van der Waals surface area contributed by atoms with Gasteiger partial charge in [-0.1, -0.05) is 19.1 Å². The molecular weight excluding hydrogens is 152 g/mol. The second-order valence-corrected chi connectivity index (χ2v) is 2.87. The lowest BCUT2D eigenvalue weighted by molar-refractivity contribution is 0.175. The van der Waals surface area contributed by atoms with Gasteiger partial charge >= 0.3 is 0 Å². The molecule has 0 saturated carbocycles. The number of aliphatic hydroxyl groups excluding tert-OH is 1. The molecule has 12 heavy (non-hydrogen) atoms. The molecule has 0 amide bonds. The minimum atomic E-state index is -0.696. The average molecular weight is 166 g/mol. The van der Waals surface area contributed by atoms with E-state index in [1.54, 1.807) is 0 Å². The van der Waals surface area contributed by atoms with Crippen LogP contribution in [0.1, 0.15) is 20.3 Å². The fourth-order valence-corrected chi connectivity index (χ4v) is 1.04. The number of allylic oxidation sites excluding steroid dienone is 1. The van der Waals surface area contributed by atoms with Crippen molar-refractivity contribution in [2.24, 2.45) is 5.10 Å². The van der Waals surface area contributed by atoms with Crippen molar-refractivity contribution in [2.45, 2.75) is 26.5 Å². The van der Waals surface area contributed by atoms with Crippen LogP contribution in [0.3, 0.4) is 0 Å². The zero-order valence-corrected chi connectivity index (χ0v) is 7.46. The normalized spacial score (nSPS) is 22.4. The summed E-state index contributed by atoms with van der Waals surface area (Å²) in [7, 11) is 0. The summed E-state index contributed by atoms with van der Waals surface area (Å²) < 4.78 is 0. The van der Waals surface area contributed by atoms with Gasteiger partial charge in [-0.3, -0.25) is 5.43 Å². The lowest BCUT2D eigenvalue weighted by atomic mass is 10.0. The van der Waals surface area contributed by atoms with Crippen LogP contribution in [0.2, 0.25) is 0 Å². The first-order chi connectivity index (χ1) is 5.65. The smallest absolute Gasteiger partial charge is 0.166 e. The van der Waals surface area contributed by atoms with Crippen LogP contribution in [0, 0.1) is 0 Å². The Labute approximate surface area is 72.5 Å². The number of nitrogens with one attached hydrogen (secondary N) is 1. The second kappa shape index (κ2) is 3.54. The highest BCUT2D eigenvalue weighted by Gasteiger charge is 2.14. The third-order valence-electron chi connectivity index (χ3n) is 1.80. The van der Waals surface area contributed by atoms with E-state index in [2.05, 4.69) is 17.1 Å². The molecule has 0 fully saturated rings. The molecular formula is C9H14N2O. The van der Waals surface area contributed by atoms with Gasteiger partial charge in [0.2, 0.25) is 0 Å². The summed E-state index contributed by atoms with van der Waals surface area (Å²) in [6.45, 7) is 7.66. The van der Waals surface area contributed by atoms with Gasteiger partial charge in [0.05, 0.1) is 5.71 Å². The third-order valence-corrected chi connectivity index (χ3v) is 1.80. The maximum absolute atomic E-state index is 9.41. The van der Waals surface area contributed by atoms with Gasteiger partial charge in [-0.2, -0.15) is 5.10 Å². The highest BCUT2D eigenvalue weighted by atomic mass is 16.3. The van der Waals surface area contributed by atoms with Crippen molar-refractivity contribution in [1.29, 1.82) is 0 Å². The molecule has 0 aliphatic carbocycles. The van der Waals surface area contributed by atoms with Crippen LogP contribution in [-0.4, -0.2) is 17.0 Å². The summed E-state index contributed by atoms with van der Waals surface area (Å²) in [5.74, 6) is 0. The van der Waals surface area contributed by atoms with Crippen LogP contribution < -0.4 is 5.43 Å². The molecule has 1 aliphatic rings. The van der Waals surface area contributed by atoms with Crippen LogP contribution in [0.5, 0.6) is 0 Å². The molecule has 0 bridgehead atoms. The maximum atomic E-state index is 9.41. The van der Waals surface area contributed by atoms with Gasteiger partial charge in [-0.15, -0.1) is 0 Å². The Kier molecular flexibility index (Phi) is 2.65. The van der Waals surface area contributed by atoms with Gasteiger partial charge < -0.3 is 5.11 Å². The molecule has 1 heterocycles. The molecule has 0 aromatic rings. The SMILES string of the molecule is C=C(C)C1=CC(CC)=NNC1O. The van der Waals surface area contributed by atoms with Gasteiger partial charge in [0.15, 0.2) is 6.23 Å². The van der Waals surface area contributed by atoms with Crippen molar-refractivity contribution in [3.8, 4) is 0 Å². The predicted molar refractivity (Wildman–Crippen MR) is 49.8 cm³/mol. The largest absolute Gasteiger partial charge is 0.368 e. The number of nitrogens with zero attached hydrogens (tertiary/aromatic N) is 1. The molecule has 0 aromatic carbocycles. The van der Waals surface area contributed by atoms with E-state index in [0.29, 0.717) is 0 Å². The molecule has 0 aromatic heterocycles. The molecule has 1 unspecified atom stereocenters. The zero-order valence-electron chi connectivity index (χ0n) is 7.46. The lowest BCUT2D eigenvalue weighted by Gasteiger charge is -2.19. The summed E-state index contributed by atoms with van der Waals surface area (Å²) in [6.07, 6.45) is 2.04. The molecule has 0 spiro atoms. The Balaban J connectivity index is 2.87. The summed E-state index contributed by atoms with van der Waals surface area (Å²) in [5.41, 5.74) is 5.26. The zero-order chi connectivity index (χ0) is 9.14. The van der Waals surface area contributed by atoms with Crippen molar-refractivity contribution in [3.05, 3.63) is 23.8 Å². The first kappa shape index (κ1) is 9.00. The Morgan fingerprint density at radius 1 is 1.83 bits per heavy atom. The highest BCUT2D eigenvalue weighted by molar-refractivity contribution is 5.96. The highest BCUT2D eigenvalue weighted by Crippen LogP contribution is 2.14. The number of hydrogen-bond acceptors (Lipinski definition) is 3. The number of hydrazone groups is 1. The van der Waals surface area contributed by atoms with E-state index >= 15 is 0 Å². The predicted octanol–water partition coefficient (Wildman–Crippen LogP) is 1.18. The molecule has 1 aliphatic heterocycles. The third kappa shape index (κ3) is 1.74. The standard InChI is InChI=1S/C9H14N2O/c1-4-7-5-8(6(2)3)9(12)11-10-7/h5,9,11-12H,2,4H2,1,3H3. The van der Waals surface area contributed by atoms with Crippen LogP contribution in [0.25, 0.3) is 0 Å². The Morgan fingerprint density at radius 2 is 2.50 bits per heavy atom. The van der Waals surface area contributed by atoms with Crippen molar-refractivity contribution in [1.82, 2.24) is 5.43 Å². The van der Waals surface area contributed by atoms with Crippen LogP contribution in [0.15, 0.2) is 28.9 Å². The van der Waals surface area contributed by atoms with Crippen molar-refractivity contribution >= 4 is 5.71 Å². The fraction of sp³-hybridized carbons (Fsp3) is 0.444. The van der Waals surface area contributed by atoms with Crippen molar-refractivity contribution < 1.29 is 5.11 Å². The first-order valence-corrected chi connectivity index (χ1v) is 4.02. The Bertz CT molecular complexity index is 253. The summed E-state index contributed by atoms with van der Waals surface area (Å²) in [4.78, 5) is 0. The second-order valence-electron chi connectivity index (χ2n) is 2.87. The average Bonchev–Trinajstić information content (AvgIpc) is 2.05. The Hall–Kier alpha value is -1.09. The van der Waals surface area contributed by atoms with E-state index in [9.17, 15) is 5.11 Å². The minimum Gasteiger partial charge on any atom is -0.368 e. The molecule has 1 atom stereocenters. The monoisotopic (exact) mass is 166 g/mol. The first-order valence-electron chi connectivity index (χ1n) is 4.02. The van der Waals surface area contributed by atoms with E-state index in [-0.39, 0.29) is 0 Å². The maximum Gasteiger partial charge on any atom is 0.166 e.